The smallest absolute Gasteiger partial charge is 0.257 e. The molecule has 2 aromatic carbocycles. The molecule has 2 bridgehead atoms. The second-order valence-corrected chi connectivity index (χ2v) is 10.3. The molecule has 0 aromatic heterocycles. The molecule has 7 heteroatoms. The summed E-state index contributed by atoms with van der Waals surface area (Å²) in [5.74, 6) is -2.93. The molecule has 164 valence electrons. The first kappa shape index (κ1) is 21.8. The molecule has 2 aromatic rings. The van der Waals surface area contributed by atoms with Crippen LogP contribution in [0.1, 0.15) is 60.7 Å². The van der Waals surface area contributed by atoms with E-state index < -0.39 is 17.5 Å². The third kappa shape index (κ3) is 4.31. The molecule has 1 saturated heterocycles. The molecule has 1 aliphatic heterocycles. The van der Waals surface area contributed by atoms with Gasteiger partial charge in [0.1, 0.15) is 0 Å². The van der Waals surface area contributed by atoms with Crippen LogP contribution < -0.4 is 5.32 Å². The number of anilines is 1. The van der Waals surface area contributed by atoms with Gasteiger partial charge < -0.3 is 10.2 Å². The SMILES string of the molecule is CC1(C)C[C@H]2C[C@@](C)(CN2C(=O)c2ccc(NC(=O)c3cc(F)c(F)cc3Cl)cc2)C1. The Hall–Kier alpha value is -2.47. The van der Waals surface area contributed by atoms with Gasteiger partial charge in [-0.25, -0.2) is 8.78 Å². The summed E-state index contributed by atoms with van der Waals surface area (Å²) in [7, 11) is 0. The Morgan fingerprint density at radius 2 is 1.71 bits per heavy atom. The summed E-state index contributed by atoms with van der Waals surface area (Å²) in [5, 5.41) is 2.42. The van der Waals surface area contributed by atoms with Crippen molar-refractivity contribution in [1.82, 2.24) is 4.90 Å². The molecule has 2 amide bonds. The number of nitrogens with one attached hydrogen (secondary N) is 1. The topological polar surface area (TPSA) is 49.4 Å². The zero-order valence-corrected chi connectivity index (χ0v) is 18.5. The van der Waals surface area contributed by atoms with Crippen LogP contribution in [-0.2, 0) is 0 Å². The summed E-state index contributed by atoms with van der Waals surface area (Å²) < 4.78 is 26.7. The first-order valence-electron chi connectivity index (χ1n) is 10.3. The first-order valence-corrected chi connectivity index (χ1v) is 10.7. The first-order chi connectivity index (χ1) is 14.5. The van der Waals surface area contributed by atoms with Crippen molar-refractivity contribution in [3.8, 4) is 0 Å². The molecule has 0 spiro atoms. The fourth-order valence-corrected chi connectivity index (χ4v) is 5.69. The van der Waals surface area contributed by atoms with Crippen molar-refractivity contribution in [1.29, 1.82) is 0 Å². The van der Waals surface area contributed by atoms with Gasteiger partial charge in [0.05, 0.1) is 10.6 Å². The molecule has 1 saturated carbocycles. The average Bonchev–Trinajstić information content (AvgIpc) is 2.93. The van der Waals surface area contributed by atoms with E-state index in [1.807, 2.05) is 4.90 Å². The zero-order chi connectivity index (χ0) is 22.6. The Morgan fingerprint density at radius 3 is 2.39 bits per heavy atom. The van der Waals surface area contributed by atoms with Crippen molar-refractivity contribution >= 4 is 29.1 Å². The lowest BCUT2D eigenvalue weighted by atomic mass is 9.65. The zero-order valence-electron chi connectivity index (χ0n) is 17.8. The summed E-state index contributed by atoms with van der Waals surface area (Å²) in [6, 6.07) is 8.34. The fraction of sp³-hybridized carbons (Fsp3) is 0.417. The van der Waals surface area contributed by atoms with Crippen molar-refractivity contribution in [3.05, 3.63) is 64.2 Å². The van der Waals surface area contributed by atoms with Gasteiger partial charge in [0.2, 0.25) is 0 Å². The standard InChI is InChI=1S/C24H25ClF2N2O2/c1-23(2)10-16-11-24(3,12-23)13-29(16)22(31)14-4-6-15(7-5-14)28-21(30)17-8-19(26)20(27)9-18(17)25/h4-9,16H,10-13H2,1-3H3,(H,28,30)/t16-,24+/m0/s1. The number of likely N-dealkylation sites (tertiary alicyclic amines) is 1. The molecule has 1 heterocycles. The van der Waals surface area contributed by atoms with Gasteiger partial charge in [0.15, 0.2) is 11.6 Å². The van der Waals surface area contributed by atoms with E-state index in [-0.39, 0.29) is 33.4 Å². The monoisotopic (exact) mass is 446 g/mol. The average molecular weight is 447 g/mol. The lowest BCUT2D eigenvalue weighted by Crippen LogP contribution is -2.37. The van der Waals surface area contributed by atoms with Gasteiger partial charge in [-0.15, -0.1) is 0 Å². The second kappa shape index (κ2) is 7.59. The number of amides is 2. The summed E-state index contributed by atoms with van der Waals surface area (Å²) in [4.78, 5) is 27.5. The molecule has 0 unspecified atom stereocenters. The molecular formula is C24H25ClF2N2O2. The maximum Gasteiger partial charge on any atom is 0.257 e. The molecule has 4 rings (SSSR count). The summed E-state index contributed by atoms with van der Waals surface area (Å²) in [6.45, 7) is 7.55. The number of benzene rings is 2. The third-order valence-electron chi connectivity index (χ3n) is 6.32. The number of nitrogens with zero attached hydrogens (tertiary/aromatic N) is 1. The van der Waals surface area contributed by atoms with Crippen LogP contribution in [0.4, 0.5) is 14.5 Å². The molecular weight excluding hydrogens is 422 g/mol. The summed E-state index contributed by atoms with van der Waals surface area (Å²) in [5.41, 5.74) is 1.19. The predicted molar refractivity (Wildman–Crippen MR) is 116 cm³/mol. The van der Waals surface area contributed by atoms with Gasteiger partial charge in [0, 0.05) is 23.8 Å². The number of hydrogen-bond donors (Lipinski definition) is 1. The molecule has 4 nitrogen and oxygen atoms in total. The lowest BCUT2D eigenvalue weighted by Gasteiger charge is -2.39. The Morgan fingerprint density at radius 1 is 1.06 bits per heavy atom. The molecule has 2 fully saturated rings. The molecule has 2 aliphatic rings. The van der Waals surface area contributed by atoms with Crippen LogP contribution in [0, 0.1) is 22.5 Å². The van der Waals surface area contributed by atoms with Gasteiger partial charge >= 0.3 is 0 Å². The highest BCUT2D eigenvalue weighted by Crippen LogP contribution is 2.52. The molecule has 1 N–H and O–H groups in total. The number of rotatable bonds is 3. The quantitative estimate of drug-likeness (QED) is 0.596. The maximum atomic E-state index is 13.5. The van der Waals surface area contributed by atoms with Crippen molar-refractivity contribution in [2.24, 2.45) is 10.8 Å². The number of fused-ring (bicyclic) bond motifs is 2. The van der Waals surface area contributed by atoms with Crippen LogP contribution in [0.3, 0.4) is 0 Å². The van der Waals surface area contributed by atoms with Crippen LogP contribution in [0.25, 0.3) is 0 Å². The summed E-state index contributed by atoms with van der Waals surface area (Å²) in [6.07, 6.45) is 3.14. The molecule has 2 atom stereocenters. The number of halogens is 3. The normalized spacial score (nSPS) is 24.2. The largest absolute Gasteiger partial charge is 0.335 e. The number of hydrogen-bond acceptors (Lipinski definition) is 2. The Kier molecular flexibility index (Phi) is 5.32. The number of carbonyl (C=O) groups is 2. The highest BCUT2D eigenvalue weighted by Gasteiger charge is 2.51. The Bertz CT molecular complexity index is 1050. The van der Waals surface area contributed by atoms with Gasteiger partial charge in [-0.3, -0.25) is 9.59 Å². The van der Waals surface area contributed by atoms with E-state index in [1.54, 1.807) is 24.3 Å². The van der Waals surface area contributed by atoms with E-state index in [9.17, 15) is 18.4 Å². The van der Waals surface area contributed by atoms with Crippen LogP contribution in [-0.4, -0.2) is 29.3 Å². The van der Waals surface area contributed by atoms with E-state index in [1.165, 1.54) is 0 Å². The van der Waals surface area contributed by atoms with Crippen molar-refractivity contribution in [2.45, 2.75) is 46.1 Å². The lowest BCUT2D eigenvalue weighted by molar-refractivity contribution is 0.0708. The fourth-order valence-electron chi connectivity index (χ4n) is 5.45. The van der Waals surface area contributed by atoms with Gasteiger partial charge in [-0.1, -0.05) is 32.4 Å². The van der Waals surface area contributed by atoms with Gasteiger partial charge in [-0.05, 0) is 66.5 Å². The Balaban J connectivity index is 1.47. The van der Waals surface area contributed by atoms with Crippen LogP contribution in [0.2, 0.25) is 5.02 Å². The van der Waals surface area contributed by atoms with Crippen LogP contribution in [0.15, 0.2) is 36.4 Å². The Labute approximate surface area is 185 Å². The molecule has 1 aliphatic carbocycles. The highest BCUT2D eigenvalue weighted by molar-refractivity contribution is 6.34. The van der Waals surface area contributed by atoms with E-state index >= 15 is 0 Å². The van der Waals surface area contributed by atoms with Crippen molar-refractivity contribution in [3.63, 3.8) is 0 Å². The van der Waals surface area contributed by atoms with Crippen LogP contribution in [0.5, 0.6) is 0 Å². The predicted octanol–water partition coefficient (Wildman–Crippen LogP) is 5.91. The number of carbonyl (C=O) groups excluding carboxylic acids is 2. The highest BCUT2D eigenvalue weighted by atomic mass is 35.5. The van der Waals surface area contributed by atoms with E-state index in [4.69, 9.17) is 11.6 Å². The minimum atomic E-state index is -1.15. The third-order valence-corrected chi connectivity index (χ3v) is 6.63. The molecule has 0 radical (unpaired) electrons. The summed E-state index contributed by atoms with van der Waals surface area (Å²) >= 11 is 5.86. The van der Waals surface area contributed by atoms with Crippen molar-refractivity contribution < 1.29 is 18.4 Å². The van der Waals surface area contributed by atoms with E-state index in [2.05, 4.69) is 26.1 Å². The van der Waals surface area contributed by atoms with Crippen LogP contribution >= 0.6 is 11.6 Å². The van der Waals surface area contributed by atoms with Crippen molar-refractivity contribution in [2.75, 3.05) is 11.9 Å². The van der Waals surface area contributed by atoms with Gasteiger partial charge in [-0.2, -0.15) is 0 Å². The second-order valence-electron chi connectivity index (χ2n) is 9.92. The van der Waals surface area contributed by atoms with Gasteiger partial charge in [0.25, 0.3) is 11.8 Å². The maximum absolute atomic E-state index is 13.5. The van der Waals surface area contributed by atoms with E-state index in [0.717, 1.165) is 37.9 Å². The minimum Gasteiger partial charge on any atom is -0.335 e. The van der Waals surface area contributed by atoms with E-state index in [0.29, 0.717) is 11.3 Å². The molecule has 31 heavy (non-hydrogen) atoms. The minimum absolute atomic E-state index is 0.00653.